The number of benzene rings is 1. The molecule has 33 heavy (non-hydrogen) atoms. The summed E-state index contributed by atoms with van der Waals surface area (Å²) in [6.07, 6.45) is 4.86. The molecule has 0 fully saturated rings. The largest absolute Gasteiger partial charge is 0.478 e. The van der Waals surface area contributed by atoms with Gasteiger partial charge >= 0.3 is 5.97 Å². The number of rotatable bonds is 6. The summed E-state index contributed by atoms with van der Waals surface area (Å²) in [7, 11) is 0. The fraction of sp³-hybridized carbons (Fsp3) is 0.0417. The number of imidazole rings is 1. The molecule has 4 heterocycles. The van der Waals surface area contributed by atoms with Gasteiger partial charge in [0.15, 0.2) is 0 Å². The van der Waals surface area contributed by atoms with Crippen molar-refractivity contribution in [3.8, 4) is 28.5 Å². The molecule has 0 aliphatic rings. The van der Waals surface area contributed by atoms with Crippen molar-refractivity contribution in [1.82, 2.24) is 24.9 Å². The first kappa shape index (κ1) is 20.6. The number of carboxylic acid groups (broad SMARTS) is 1. The second-order valence-corrected chi connectivity index (χ2v) is 7.63. The molecule has 0 saturated carbocycles. The fourth-order valence-electron chi connectivity index (χ4n) is 3.28. The molecular formula is C24H16ClN5O3. The van der Waals surface area contributed by atoms with Crippen LogP contribution in [0.3, 0.4) is 0 Å². The third-order valence-electron chi connectivity index (χ3n) is 4.94. The van der Waals surface area contributed by atoms with Crippen LogP contribution in [-0.4, -0.2) is 36.0 Å². The van der Waals surface area contributed by atoms with Crippen molar-refractivity contribution in [2.45, 2.75) is 6.61 Å². The van der Waals surface area contributed by atoms with Gasteiger partial charge in [-0.3, -0.25) is 9.97 Å². The topological polar surface area (TPSA) is 114 Å². The smallest absolute Gasteiger partial charge is 0.335 e. The van der Waals surface area contributed by atoms with E-state index in [1.807, 2.05) is 30.3 Å². The Morgan fingerprint density at radius 1 is 0.970 bits per heavy atom. The number of nitrogens with one attached hydrogen (secondary N) is 1. The Balaban J connectivity index is 1.28. The molecule has 8 nitrogen and oxygen atoms in total. The van der Waals surface area contributed by atoms with E-state index in [9.17, 15) is 4.79 Å². The van der Waals surface area contributed by atoms with Crippen molar-refractivity contribution >= 4 is 28.6 Å². The zero-order valence-electron chi connectivity index (χ0n) is 17.1. The summed E-state index contributed by atoms with van der Waals surface area (Å²) in [5.41, 5.74) is 4.81. The lowest BCUT2D eigenvalue weighted by atomic mass is 10.1. The van der Waals surface area contributed by atoms with Crippen molar-refractivity contribution in [2.24, 2.45) is 0 Å². The number of hydrogen-bond acceptors (Lipinski definition) is 6. The maximum Gasteiger partial charge on any atom is 0.335 e. The highest BCUT2D eigenvalue weighted by Crippen LogP contribution is 2.25. The van der Waals surface area contributed by atoms with Crippen molar-refractivity contribution in [1.29, 1.82) is 0 Å². The second-order valence-electron chi connectivity index (χ2n) is 7.19. The lowest BCUT2D eigenvalue weighted by Crippen LogP contribution is -2.03. The Labute approximate surface area is 192 Å². The molecule has 0 atom stereocenters. The SMILES string of the molecule is O=C(O)c1ccnc(COc2ccc(-c3ccc(-c4nc5ccc(Cl)cc5[nH]4)cn3)cn2)c1. The van der Waals surface area contributed by atoms with E-state index in [4.69, 9.17) is 21.4 Å². The van der Waals surface area contributed by atoms with Crippen LogP contribution in [0.4, 0.5) is 0 Å². The van der Waals surface area contributed by atoms with Gasteiger partial charge < -0.3 is 14.8 Å². The van der Waals surface area contributed by atoms with Gasteiger partial charge in [-0.15, -0.1) is 0 Å². The molecule has 5 aromatic rings. The lowest BCUT2D eigenvalue weighted by Gasteiger charge is -2.07. The molecule has 0 radical (unpaired) electrons. The fourth-order valence-corrected chi connectivity index (χ4v) is 3.45. The van der Waals surface area contributed by atoms with E-state index in [1.165, 1.54) is 18.3 Å². The normalized spacial score (nSPS) is 10.9. The molecule has 9 heteroatoms. The zero-order chi connectivity index (χ0) is 22.8. The minimum atomic E-state index is -1.01. The summed E-state index contributed by atoms with van der Waals surface area (Å²) < 4.78 is 5.62. The first-order chi connectivity index (χ1) is 16.0. The molecule has 162 valence electrons. The molecule has 2 N–H and O–H groups in total. The van der Waals surface area contributed by atoms with Crippen LogP contribution in [0.2, 0.25) is 5.02 Å². The van der Waals surface area contributed by atoms with E-state index < -0.39 is 5.97 Å². The Hall–Kier alpha value is -4.30. The summed E-state index contributed by atoms with van der Waals surface area (Å²) in [4.78, 5) is 31.8. The van der Waals surface area contributed by atoms with Gasteiger partial charge in [0, 0.05) is 40.8 Å². The molecule has 1 aromatic carbocycles. The first-order valence-corrected chi connectivity index (χ1v) is 10.3. The lowest BCUT2D eigenvalue weighted by molar-refractivity contribution is 0.0696. The van der Waals surface area contributed by atoms with Crippen LogP contribution < -0.4 is 4.74 Å². The summed E-state index contributed by atoms with van der Waals surface area (Å²) >= 11 is 6.04. The number of carboxylic acids is 1. The number of ether oxygens (including phenoxy) is 1. The van der Waals surface area contributed by atoms with Crippen LogP contribution in [0.15, 0.2) is 73.2 Å². The number of pyridine rings is 3. The molecule has 0 unspecified atom stereocenters. The predicted molar refractivity (Wildman–Crippen MR) is 123 cm³/mol. The number of aromatic carboxylic acids is 1. The Kier molecular flexibility index (Phi) is 5.42. The second kappa shape index (κ2) is 8.68. The minimum Gasteiger partial charge on any atom is -0.478 e. The quantitative estimate of drug-likeness (QED) is 0.368. The van der Waals surface area contributed by atoms with Crippen molar-refractivity contribution in [2.75, 3.05) is 0 Å². The number of carbonyl (C=O) groups is 1. The summed E-state index contributed by atoms with van der Waals surface area (Å²) in [6.45, 7) is 0.114. The van der Waals surface area contributed by atoms with Crippen LogP contribution in [0.1, 0.15) is 16.1 Å². The zero-order valence-corrected chi connectivity index (χ0v) is 17.8. The summed E-state index contributed by atoms with van der Waals surface area (Å²) in [5.74, 6) is 0.108. The Morgan fingerprint density at radius 2 is 1.82 bits per heavy atom. The maximum absolute atomic E-state index is 11.1. The van der Waals surface area contributed by atoms with Crippen LogP contribution in [0, 0.1) is 0 Å². The number of nitrogens with zero attached hydrogens (tertiary/aromatic N) is 4. The van der Waals surface area contributed by atoms with E-state index in [2.05, 4.69) is 24.9 Å². The van der Waals surface area contributed by atoms with Crippen LogP contribution >= 0.6 is 11.6 Å². The van der Waals surface area contributed by atoms with Gasteiger partial charge in [-0.1, -0.05) is 11.6 Å². The van der Waals surface area contributed by atoms with Crippen LogP contribution in [0.25, 0.3) is 33.7 Å². The maximum atomic E-state index is 11.1. The highest BCUT2D eigenvalue weighted by Gasteiger charge is 2.09. The molecule has 0 aliphatic carbocycles. The molecular weight excluding hydrogens is 442 g/mol. The highest BCUT2D eigenvalue weighted by molar-refractivity contribution is 6.31. The molecule has 0 amide bonds. The van der Waals surface area contributed by atoms with Gasteiger partial charge in [-0.05, 0) is 48.5 Å². The predicted octanol–water partition coefficient (Wildman–Crippen LogP) is 5.01. The number of aromatic amines is 1. The third kappa shape index (κ3) is 4.51. The average Bonchev–Trinajstić information content (AvgIpc) is 3.26. The van der Waals surface area contributed by atoms with E-state index in [0.29, 0.717) is 22.4 Å². The third-order valence-corrected chi connectivity index (χ3v) is 5.18. The van der Waals surface area contributed by atoms with Gasteiger partial charge in [0.2, 0.25) is 5.88 Å². The van der Waals surface area contributed by atoms with E-state index in [1.54, 1.807) is 24.5 Å². The van der Waals surface area contributed by atoms with Crippen molar-refractivity contribution in [3.63, 3.8) is 0 Å². The van der Waals surface area contributed by atoms with E-state index in [-0.39, 0.29) is 12.2 Å². The number of aromatic nitrogens is 5. The Bertz CT molecular complexity index is 1450. The average molecular weight is 458 g/mol. The minimum absolute atomic E-state index is 0.114. The van der Waals surface area contributed by atoms with Crippen LogP contribution in [0.5, 0.6) is 5.88 Å². The molecule has 0 aliphatic heterocycles. The van der Waals surface area contributed by atoms with Gasteiger partial charge in [0.05, 0.1) is 28.0 Å². The highest BCUT2D eigenvalue weighted by atomic mass is 35.5. The molecule has 5 rings (SSSR count). The number of halogens is 1. The van der Waals surface area contributed by atoms with Gasteiger partial charge in [0.1, 0.15) is 12.4 Å². The standard InChI is InChI=1S/C24H16ClN5O3/c25-17-3-5-20-21(10-17)30-23(29-20)16-1-4-19(27-12-16)15-2-6-22(28-11-15)33-13-18-9-14(24(31)32)7-8-26-18/h1-12H,13H2,(H,29,30)(H,31,32). The van der Waals surface area contributed by atoms with E-state index >= 15 is 0 Å². The van der Waals surface area contributed by atoms with Crippen molar-refractivity contribution in [3.05, 3.63) is 89.5 Å². The van der Waals surface area contributed by atoms with Gasteiger partial charge in [-0.2, -0.15) is 0 Å². The van der Waals surface area contributed by atoms with Gasteiger partial charge in [-0.25, -0.2) is 14.8 Å². The van der Waals surface area contributed by atoms with Crippen LogP contribution in [-0.2, 0) is 6.61 Å². The number of H-pyrrole nitrogens is 1. The van der Waals surface area contributed by atoms with Gasteiger partial charge in [0.25, 0.3) is 0 Å². The first-order valence-electron chi connectivity index (χ1n) is 9.94. The monoisotopic (exact) mass is 457 g/mol. The molecule has 0 spiro atoms. The number of fused-ring (bicyclic) bond motifs is 1. The molecule has 0 bridgehead atoms. The summed E-state index contributed by atoms with van der Waals surface area (Å²) in [6, 6.07) is 15.8. The molecule has 4 aromatic heterocycles. The van der Waals surface area contributed by atoms with Crippen molar-refractivity contribution < 1.29 is 14.6 Å². The Morgan fingerprint density at radius 3 is 2.58 bits per heavy atom. The van der Waals surface area contributed by atoms with E-state index in [0.717, 1.165) is 27.9 Å². The summed E-state index contributed by atoms with van der Waals surface area (Å²) in [5, 5.41) is 9.71. The molecule has 0 saturated heterocycles. The number of hydrogen-bond donors (Lipinski definition) is 2.